The minimum atomic E-state index is 0.547. The zero-order valence-electron chi connectivity index (χ0n) is 10.7. The Hall–Kier alpha value is -0.0800. The van der Waals surface area contributed by atoms with Crippen LogP contribution in [0.2, 0.25) is 0 Å². The Kier molecular flexibility index (Phi) is 5.11. The van der Waals surface area contributed by atoms with Gasteiger partial charge < -0.3 is 10.1 Å². The topological polar surface area (TPSA) is 21.3 Å². The molecule has 1 N–H and O–H groups in total. The van der Waals surface area contributed by atoms with Gasteiger partial charge in [0, 0.05) is 12.6 Å². The highest BCUT2D eigenvalue weighted by molar-refractivity contribution is 4.76. The first-order valence-electron chi connectivity index (χ1n) is 7.21. The second-order valence-electron chi connectivity index (χ2n) is 5.56. The van der Waals surface area contributed by atoms with Gasteiger partial charge in [-0.1, -0.05) is 19.3 Å². The van der Waals surface area contributed by atoms with Crippen molar-refractivity contribution < 1.29 is 4.74 Å². The molecule has 2 fully saturated rings. The lowest BCUT2D eigenvalue weighted by atomic mass is 9.84. The molecule has 2 nitrogen and oxygen atoms in total. The van der Waals surface area contributed by atoms with Gasteiger partial charge >= 0.3 is 0 Å². The second-order valence-corrected chi connectivity index (χ2v) is 5.56. The summed E-state index contributed by atoms with van der Waals surface area (Å²) in [5.74, 6) is 0.929. The van der Waals surface area contributed by atoms with Crippen LogP contribution in [0.3, 0.4) is 0 Å². The summed E-state index contributed by atoms with van der Waals surface area (Å²) in [5.41, 5.74) is 0. The molecular formula is C14H27NO. The van der Waals surface area contributed by atoms with Crippen molar-refractivity contribution in [2.45, 2.75) is 70.4 Å². The molecule has 0 amide bonds. The minimum Gasteiger partial charge on any atom is -0.378 e. The SMILES string of the molecule is C[C@H](NCCC1CCCO1)C1CCCCC1. The first-order valence-corrected chi connectivity index (χ1v) is 7.21. The van der Waals surface area contributed by atoms with Crippen molar-refractivity contribution in [3.05, 3.63) is 0 Å². The van der Waals surface area contributed by atoms with Gasteiger partial charge in [-0.05, 0) is 51.5 Å². The molecule has 2 rings (SSSR count). The highest BCUT2D eigenvalue weighted by atomic mass is 16.5. The lowest BCUT2D eigenvalue weighted by molar-refractivity contribution is 0.102. The quantitative estimate of drug-likeness (QED) is 0.776. The van der Waals surface area contributed by atoms with Crippen LogP contribution in [0.1, 0.15) is 58.3 Å². The van der Waals surface area contributed by atoms with Crippen LogP contribution in [0.4, 0.5) is 0 Å². The molecule has 94 valence electrons. The summed E-state index contributed by atoms with van der Waals surface area (Å²) in [6, 6.07) is 0.710. The van der Waals surface area contributed by atoms with E-state index in [1.54, 1.807) is 0 Å². The van der Waals surface area contributed by atoms with E-state index in [2.05, 4.69) is 12.2 Å². The van der Waals surface area contributed by atoms with Crippen LogP contribution in [0.5, 0.6) is 0 Å². The molecule has 0 aromatic carbocycles. The number of rotatable bonds is 5. The fourth-order valence-electron chi connectivity index (χ4n) is 3.14. The third kappa shape index (κ3) is 3.74. The molecule has 1 unspecified atom stereocenters. The largest absolute Gasteiger partial charge is 0.378 e. The summed E-state index contributed by atoms with van der Waals surface area (Å²) in [7, 11) is 0. The van der Waals surface area contributed by atoms with Crippen molar-refractivity contribution in [2.75, 3.05) is 13.2 Å². The molecule has 0 aromatic rings. The molecule has 2 aliphatic rings. The number of hydrogen-bond acceptors (Lipinski definition) is 2. The zero-order valence-corrected chi connectivity index (χ0v) is 10.7. The first kappa shape index (κ1) is 12.4. The van der Waals surface area contributed by atoms with Crippen molar-refractivity contribution >= 4 is 0 Å². The van der Waals surface area contributed by atoms with Crippen LogP contribution in [0.25, 0.3) is 0 Å². The van der Waals surface area contributed by atoms with E-state index in [-0.39, 0.29) is 0 Å². The van der Waals surface area contributed by atoms with E-state index < -0.39 is 0 Å². The fourth-order valence-corrected chi connectivity index (χ4v) is 3.14. The van der Waals surface area contributed by atoms with Gasteiger partial charge in [0.15, 0.2) is 0 Å². The predicted octanol–water partition coefficient (Wildman–Crippen LogP) is 3.11. The van der Waals surface area contributed by atoms with Crippen molar-refractivity contribution in [3.63, 3.8) is 0 Å². The average molecular weight is 225 g/mol. The summed E-state index contributed by atoms with van der Waals surface area (Å²) >= 11 is 0. The van der Waals surface area contributed by atoms with Crippen LogP contribution >= 0.6 is 0 Å². The molecule has 2 atom stereocenters. The van der Waals surface area contributed by atoms with Gasteiger partial charge in [-0.15, -0.1) is 0 Å². The fraction of sp³-hybridized carbons (Fsp3) is 1.00. The minimum absolute atomic E-state index is 0.547. The molecule has 1 heterocycles. The standard InChI is InChI=1S/C14H27NO/c1-12(13-6-3-2-4-7-13)15-10-9-14-8-5-11-16-14/h12-15H,2-11H2,1H3/t12-,14?/m0/s1. The predicted molar refractivity (Wildman–Crippen MR) is 67.6 cm³/mol. The molecule has 2 heteroatoms. The van der Waals surface area contributed by atoms with Crippen LogP contribution in [0, 0.1) is 5.92 Å². The molecule has 1 aliphatic heterocycles. The van der Waals surface area contributed by atoms with Gasteiger partial charge in [-0.3, -0.25) is 0 Å². The Morgan fingerprint density at radius 1 is 1.12 bits per heavy atom. The number of nitrogens with one attached hydrogen (secondary N) is 1. The smallest absolute Gasteiger partial charge is 0.0588 e. The summed E-state index contributed by atoms with van der Waals surface area (Å²) in [5, 5.41) is 3.70. The van der Waals surface area contributed by atoms with E-state index in [9.17, 15) is 0 Å². The van der Waals surface area contributed by atoms with E-state index in [4.69, 9.17) is 4.74 Å². The summed E-state index contributed by atoms with van der Waals surface area (Å²) in [6.45, 7) is 4.50. The van der Waals surface area contributed by atoms with Crippen molar-refractivity contribution in [2.24, 2.45) is 5.92 Å². The van der Waals surface area contributed by atoms with Gasteiger partial charge in [0.2, 0.25) is 0 Å². The lowest BCUT2D eigenvalue weighted by Gasteiger charge is -2.28. The molecular weight excluding hydrogens is 198 g/mol. The normalized spacial score (nSPS) is 29.4. The van der Waals surface area contributed by atoms with E-state index in [1.807, 2.05) is 0 Å². The maximum Gasteiger partial charge on any atom is 0.0588 e. The third-order valence-electron chi connectivity index (χ3n) is 4.31. The average Bonchev–Trinajstić information content (AvgIpc) is 2.83. The van der Waals surface area contributed by atoms with Gasteiger partial charge in [0.05, 0.1) is 6.10 Å². The zero-order chi connectivity index (χ0) is 11.2. The van der Waals surface area contributed by atoms with E-state index in [0.29, 0.717) is 12.1 Å². The van der Waals surface area contributed by atoms with Gasteiger partial charge in [-0.25, -0.2) is 0 Å². The molecule has 16 heavy (non-hydrogen) atoms. The van der Waals surface area contributed by atoms with E-state index in [0.717, 1.165) is 19.1 Å². The number of ether oxygens (including phenoxy) is 1. The highest BCUT2D eigenvalue weighted by Gasteiger charge is 2.20. The molecule has 0 bridgehead atoms. The van der Waals surface area contributed by atoms with Gasteiger partial charge in [0.25, 0.3) is 0 Å². The van der Waals surface area contributed by atoms with Crippen molar-refractivity contribution in [1.82, 2.24) is 5.32 Å². The van der Waals surface area contributed by atoms with Crippen LogP contribution < -0.4 is 5.32 Å². The van der Waals surface area contributed by atoms with E-state index >= 15 is 0 Å². The van der Waals surface area contributed by atoms with Crippen molar-refractivity contribution in [1.29, 1.82) is 0 Å². The summed E-state index contributed by atoms with van der Waals surface area (Å²) < 4.78 is 5.64. The monoisotopic (exact) mass is 225 g/mol. The molecule has 1 saturated carbocycles. The number of hydrogen-bond donors (Lipinski definition) is 1. The maximum absolute atomic E-state index is 5.64. The molecule has 0 spiro atoms. The van der Waals surface area contributed by atoms with Gasteiger partial charge in [0.1, 0.15) is 0 Å². The van der Waals surface area contributed by atoms with Gasteiger partial charge in [-0.2, -0.15) is 0 Å². The second kappa shape index (κ2) is 6.61. The summed E-state index contributed by atoms with van der Waals surface area (Å²) in [6.07, 6.45) is 11.5. The van der Waals surface area contributed by atoms with Crippen LogP contribution in [-0.2, 0) is 4.74 Å². The Morgan fingerprint density at radius 2 is 1.94 bits per heavy atom. The first-order chi connectivity index (χ1) is 7.86. The molecule has 0 radical (unpaired) electrons. The van der Waals surface area contributed by atoms with Crippen molar-refractivity contribution in [3.8, 4) is 0 Å². The Bertz CT molecular complexity index is 183. The third-order valence-corrected chi connectivity index (χ3v) is 4.31. The molecule has 1 saturated heterocycles. The maximum atomic E-state index is 5.64. The summed E-state index contributed by atoms with van der Waals surface area (Å²) in [4.78, 5) is 0. The molecule has 0 aromatic heterocycles. The molecule has 1 aliphatic carbocycles. The Morgan fingerprint density at radius 3 is 2.62 bits per heavy atom. The Balaban J connectivity index is 1.57. The van der Waals surface area contributed by atoms with E-state index in [1.165, 1.54) is 51.4 Å². The highest BCUT2D eigenvalue weighted by Crippen LogP contribution is 2.26. The van der Waals surface area contributed by atoms with Crippen LogP contribution in [-0.4, -0.2) is 25.3 Å². The lowest BCUT2D eigenvalue weighted by Crippen LogP contribution is -2.36. The van der Waals surface area contributed by atoms with Crippen LogP contribution in [0.15, 0.2) is 0 Å². The Labute approximate surface area is 100 Å².